The molecule has 4 heteroatoms. The van der Waals surface area contributed by atoms with Crippen LogP contribution in [0.1, 0.15) is 11.1 Å². The van der Waals surface area contributed by atoms with E-state index in [4.69, 9.17) is 4.98 Å². The fourth-order valence-electron chi connectivity index (χ4n) is 4.58. The number of aryl methyl sites for hydroxylation is 3. The van der Waals surface area contributed by atoms with Crippen molar-refractivity contribution in [2.24, 2.45) is 7.05 Å². The summed E-state index contributed by atoms with van der Waals surface area (Å²) in [7, 11) is 2.04. The lowest BCUT2D eigenvalue weighted by molar-refractivity contribution is 0.948. The Morgan fingerprint density at radius 3 is 2.34 bits per heavy atom. The van der Waals surface area contributed by atoms with Gasteiger partial charge in [-0.2, -0.15) is 0 Å². The van der Waals surface area contributed by atoms with Crippen LogP contribution in [-0.4, -0.2) is 18.9 Å². The highest BCUT2D eigenvalue weighted by Gasteiger charge is 2.16. The molecule has 0 fully saturated rings. The predicted octanol–water partition coefficient (Wildman–Crippen LogP) is 5.81. The average molecular weight is 376 g/mol. The zero-order chi connectivity index (χ0) is 19.7. The molecule has 3 aromatic carbocycles. The average Bonchev–Trinajstić information content (AvgIpc) is 3.31. The summed E-state index contributed by atoms with van der Waals surface area (Å²) < 4.78 is 4.31. The second-order valence-corrected chi connectivity index (χ2v) is 7.85. The number of hydrogen-bond acceptors (Lipinski definition) is 2. The molecule has 0 aliphatic carbocycles. The van der Waals surface area contributed by atoms with Crippen LogP contribution in [0.5, 0.6) is 0 Å². The molecule has 0 atom stereocenters. The first-order valence-corrected chi connectivity index (χ1v) is 9.83. The highest BCUT2D eigenvalue weighted by atomic mass is 15.0. The Labute approximate surface area is 168 Å². The summed E-state index contributed by atoms with van der Waals surface area (Å²) in [5.74, 6) is 0. The summed E-state index contributed by atoms with van der Waals surface area (Å²) in [5.41, 5.74) is 9.01. The largest absolute Gasteiger partial charge is 0.334 e. The topological polar surface area (TPSA) is 35.1 Å². The lowest BCUT2D eigenvalue weighted by Gasteiger charge is -2.08. The molecule has 0 N–H and O–H groups in total. The van der Waals surface area contributed by atoms with E-state index in [-0.39, 0.29) is 0 Å². The minimum absolute atomic E-state index is 0.993. The van der Waals surface area contributed by atoms with Crippen molar-refractivity contribution >= 4 is 38.4 Å². The minimum Gasteiger partial charge on any atom is -0.334 e. The van der Waals surface area contributed by atoms with Crippen molar-refractivity contribution in [3.8, 4) is 11.3 Å². The van der Waals surface area contributed by atoms with E-state index in [1.165, 1.54) is 27.5 Å². The molecule has 0 amide bonds. The molecule has 0 bridgehead atoms. The Bertz CT molecular complexity index is 1560. The molecule has 0 aliphatic heterocycles. The molecule has 6 rings (SSSR count). The van der Waals surface area contributed by atoms with Gasteiger partial charge in [-0.3, -0.25) is 4.40 Å². The third-order valence-corrected chi connectivity index (χ3v) is 6.00. The molecule has 0 radical (unpaired) electrons. The second-order valence-electron chi connectivity index (χ2n) is 7.85. The molecule has 0 spiro atoms. The van der Waals surface area contributed by atoms with Crippen molar-refractivity contribution in [2.45, 2.75) is 13.8 Å². The Kier molecular flexibility index (Phi) is 3.19. The van der Waals surface area contributed by atoms with Crippen molar-refractivity contribution in [3.05, 3.63) is 78.2 Å². The van der Waals surface area contributed by atoms with Crippen LogP contribution in [0, 0.1) is 13.8 Å². The highest BCUT2D eigenvalue weighted by Crippen LogP contribution is 2.34. The van der Waals surface area contributed by atoms with Crippen molar-refractivity contribution in [1.82, 2.24) is 18.9 Å². The normalized spacial score (nSPS) is 12.0. The van der Waals surface area contributed by atoms with E-state index in [1.54, 1.807) is 0 Å². The Balaban J connectivity index is 1.83. The van der Waals surface area contributed by atoms with Crippen molar-refractivity contribution in [1.29, 1.82) is 0 Å². The summed E-state index contributed by atoms with van der Waals surface area (Å²) >= 11 is 0. The first-order valence-electron chi connectivity index (χ1n) is 9.83. The molecule has 6 aromatic rings. The first kappa shape index (κ1) is 16.3. The minimum atomic E-state index is 0.993. The maximum absolute atomic E-state index is 5.11. The third-order valence-electron chi connectivity index (χ3n) is 6.00. The van der Waals surface area contributed by atoms with Crippen LogP contribution in [0.15, 0.2) is 67.1 Å². The maximum atomic E-state index is 5.11. The summed E-state index contributed by atoms with van der Waals surface area (Å²) in [6.07, 6.45) is 4.06. The molecular weight excluding hydrogens is 356 g/mol. The first-order chi connectivity index (χ1) is 14.1. The Morgan fingerprint density at radius 2 is 1.55 bits per heavy atom. The fourth-order valence-corrected chi connectivity index (χ4v) is 4.58. The number of aromatic nitrogens is 4. The van der Waals surface area contributed by atoms with Crippen molar-refractivity contribution < 1.29 is 0 Å². The zero-order valence-electron chi connectivity index (χ0n) is 16.6. The van der Waals surface area contributed by atoms with Crippen LogP contribution in [0.25, 0.3) is 49.6 Å². The number of rotatable bonds is 1. The maximum Gasteiger partial charge on any atom is 0.145 e. The molecular formula is C25H20N4. The van der Waals surface area contributed by atoms with Gasteiger partial charge in [0.2, 0.25) is 0 Å². The molecule has 3 aromatic heterocycles. The van der Waals surface area contributed by atoms with Crippen LogP contribution >= 0.6 is 0 Å². The molecule has 0 saturated heterocycles. The number of imidazole rings is 2. The van der Waals surface area contributed by atoms with Gasteiger partial charge < -0.3 is 4.57 Å². The molecule has 0 aliphatic rings. The fraction of sp³-hybridized carbons (Fsp3) is 0.120. The van der Waals surface area contributed by atoms with Gasteiger partial charge in [0, 0.05) is 29.6 Å². The van der Waals surface area contributed by atoms with Gasteiger partial charge in [-0.25, -0.2) is 9.97 Å². The van der Waals surface area contributed by atoms with Crippen LogP contribution in [0.4, 0.5) is 0 Å². The van der Waals surface area contributed by atoms with Crippen LogP contribution in [0.2, 0.25) is 0 Å². The summed E-state index contributed by atoms with van der Waals surface area (Å²) in [6.45, 7) is 4.31. The van der Waals surface area contributed by atoms with E-state index in [9.17, 15) is 0 Å². The molecule has 0 unspecified atom stereocenters. The summed E-state index contributed by atoms with van der Waals surface area (Å²) in [4.78, 5) is 9.68. The zero-order valence-corrected chi connectivity index (χ0v) is 16.6. The summed E-state index contributed by atoms with van der Waals surface area (Å²) in [5, 5.41) is 3.57. The third kappa shape index (κ3) is 2.20. The van der Waals surface area contributed by atoms with E-state index in [1.807, 2.05) is 13.4 Å². The summed E-state index contributed by atoms with van der Waals surface area (Å²) in [6, 6.07) is 19.4. The van der Waals surface area contributed by atoms with Crippen LogP contribution in [0.3, 0.4) is 0 Å². The number of nitrogens with zero attached hydrogens (tertiary/aromatic N) is 4. The van der Waals surface area contributed by atoms with E-state index >= 15 is 0 Å². The van der Waals surface area contributed by atoms with E-state index < -0.39 is 0 Å². The lowest BCUT2D eigenvalue weighted by atomic mass is 10.0. The number of fused-ring (bicyclic) bond motifs is 7. The van der Waals surface area contributed by atoms with Gasteiger partial charge in [-0.05, 0) is 42.5 Å². The standard InChI is InChI=1S/C25H20N4/c1-15-7-6-8-16(2)24(15)21-13-29-22-12-23-20(26-14-28(23)3)11-19(22)17-9-4-5-10-18(17)25(29)27-21/h4-14H,1-3H3. The number of hydrogen-bond donors (Lipinski definition) is 0. The van der Waals surface area contributed by atoms with Gasteiger partial charge in [-0.1, -0.05) is 42.5 Å². The van der Waals surface area contributed by atoms with Crippen LogP contribution < -0.4 is 0 Å². The van der Waals surface area contributed by atoms with Gasteiger partial charge in [0.1, 0.15) is 5.65 Å². The highest BCUT2D eigenvalue weighted by molar-refractivity contribution is 6.14. The van der Waals surface area contributed by atoms with Gasteiger partial charge in [0.25, 0.3) is 0 Å². The number of pyridine rings is 1. The molecule has 0 saturated carbocycles. The monoisotopic (exact) mass is 376 g/mol. The van der Waals surface area contributed by atoms with Gasteiger partial charge in [0.05, 0.1) is 28.6 Å². The predicted molar refractivity (Wildman–Crippen MR) is 119 cm³/mol. The second kappa shape index (κ2) is 5.67. The smallest absolute Gasteiger partial charge is 0.145 e. The van der Waals surface area contributed by atoms with E-state index in [2.05, 4.69) is 88.6 Å². The Morgan fingerprint density at radius 1 is 0.793 bits per heavy atom. The number of benzene rings is 3. The van der Waals surface area contributed by atoms with Gasteiger partial charge in [0.15, 0.2) is 0 Å². The van der Waals surface area contributed by atoms with Crippen molar-refractivity contribution in [3.63, 3.8) is 0 Å². The quantitative estimate of drug-likeness (QED) is 0.339. The van der Waals surface area contributed by atoms with E-state index in [0.29, 0.717) is 0 Å². The SMILES string of the molecule is Cc1cccc(C)c1-c1cn2c3cc4c(cc3c3ccccc3c2n1)ncn4C. The van der Waals surface area contributed by atoms with Crippen molar-refractivity contribution in [2.75, 3.05) is 0 Å². The van der Waals surface area contributed by atoms with Crippen LogP contribution in [-0.2, 0) is 7.05 Å². The molecule has 140 valence electrons. The van der Waals surface area contributed by atoms with Gasteiger partial charge >= 0.3 is 0 Å². The molecule has 3 heterocycles. The molecule has 4 nitrogen and oxygen atoms in total. The molecule has 29 heavy (non-hydrogen) atoms. The van der Waals surface area contributed by atoms with Gasteiger partial charge in [-0.15, -0.1) is 0 Å². The van der Waals surface area contributed by atoms with E-state index in [0.717, 1.165) is 33.3 Å². The lowest BCUT2D eigenvalue weighted by Crippen LogP contribution is -1.92. The Hall–Kier alpha value is -3.66.